The number of hydrogen-bond donors (Lipinski definition) is 1. The second kappa shape index (κ2) is 9.15. The summed E-state index contributed by atoms with van der Waals surface area (Å²) in [5.41, 5.74) is 4.51. The number of ether oxygens (including phenoxy) is 1. The first-order valence-electron chi connectivity index (χ1n) is 11.0. The van der Waals surface area contributed by atoms with E-state index in [-0.39, 0.29) is 5.75 Å². The smallest absolute Gasteiger partial charge is 0.387 e. The van der Waals surface area contributed by atoms with Crippen molar-refractivity contribution in [3.8, 4) is 16.9 Å². The van der Waals surface area contributed by atoms with Crippen molar-refractivity contribution < 1.29 is 13.5 Å². The number of pyridine rings is 1. The summed E-state index contributed by atoms with van der Waals surface area (Å²) in [4.78, 5) is 11.6. The summed E-state index contributed by atoms with van der Waals surface area (Å²) < 4.78 is 32.4. The maximum absolute atomic E-state index is 12.8. The molecule has 0 radical (unpaired) electrons. The number of benzene rings is 2. The highest BCUT2D eigenvalue weighted by atomic mass is 19.3. The molecule has 8 heteroatoms. The number of rotatable bonds is 6. The fraction of sp³-hybridized carbons (Fsp3) is 0.280. The molecule has 1 saturated heterocycles. The molecule has 0 spiro atoms. The van der Waals surface area contributed by atoms with Crippen molar-refractivity contribution in [3.63, 3.8) is 0 Å². The molecule has 0 bridgehead atoms. The van der Waals surface area contributed by atoms with Gasteiger partial charge in [-0.3, -0.25) is 0 Å². The van der Waals surface area contributed by atoms with Gasteiger partial charge in [-0.1, -0.05) is 24.3 Å². The molecule has 1 aliphatic heterocycles. The summed E-state index contributed by atoms with van der Waals surface area (Å²) in [5, 5.41) is 3.35. The summed E-state index contributed by atoms with van der Waals surface area (Å²) in [7, 11) is 0. The molecule has 0 unspecified atom stereocenters. The zero-order valence-electron chi connectivity index (χ0n) is 18.3. The molecule has 170 valence electrons. The number of piperazine rings is 1. The molecule has 4 aromatic rings. The van der Waals surface area contributed by atoms with Gasteiger partial charge in [0.15, 0.2) is 0 Å². The van der Waals surface area contributed by atoms with Gasteiger partial charge in [-0.2, -0.15) is 8.78 Å². The van der Waals surface area contributed by atoms with Crippen LogP contribution in [0.4, 0.5) is 14.6 Å². The summed E-state index contributed by atoms with van der Waals surface area (Å²) in [6.07, 6.45) is 1.90. The Labute approximate surface area is 190 Å². The molecular weight excluding hydrogens is 424 g/mol. The van der Waals surface area contributed by atoms with E-state index in [1.807, 2.05) is 35.9 Å². The number of imidazole rings is 1. The first kappa shape index (κ1) is 21.3. The fourth-order valence-corrected chi connectivity index (χ4v) is 4.28. The fourth-order valence-electron chi connectivity index (χ4n) is 4.28. The van der Waals surface area contributed by atoms with Gasteiger partial charge in [0.25, 0.3) is 0 Å². The number of nitrogens with one attached hydrogen (secondary N) is 1. The standard InChI is InChI=1S/C25H25F2N5O/c1-17-30-21-8-6-18(19-7-9-24(29-15-19)31-12-10-28-11-13-31)14-22(21)32(17)16-20-4-2-3-5-23(20)33-25(26)27/h2-9,14-15,25,28H,10-13,16H2,1H3. The van der Waals surface area contributed by atoms with Crippen LogP contribution < -0.4 is 15.0 Å². The third kappa shape index (κ3) is 4.52. The Morgan fingerprint density at radius 2 is 1.82 bits per heavy atom. The molecule has 0 amide bonds. The summed E-state index contributed by atoms with van der Waals surface area (Å²) in [5.74, 6) is 1.97. The second-order valence-corrected chi connectivity index (χ2v) is 8.08. The minimum atomic E-state index is -2.87. The molecule has 3 heterocycles. The lowest BCUT2D eigenvalue weighted by molar-refractivity contribution is -0.0504. The number of aryl methyl sites for hydroxylation is 1. The van der Waals surface area contributed by atoms with Crippen LogP contribution in [0.25, 0.3) is 22.2 Å². The van der Waals surface area contributed by atoms with Crippen molar-refractivity contribution in [1.29, 1.82) is 0 Å². The molecule has 0 aliphatic carbocycles. The monoisotopic (exact) mass is 449 g/mol. The Kier molecular flexibility index (Phi) is 5.92. The number of fused-ring (bicyclic) bond motifs is 1. The van der Waals surface area contributed by atoms with Crippen LogP contribution in [0.2, 0.25) is 0 Å². The quantitative estimate of drug-likeness (QED) is 0.471. The maximum Gasteiger partial charge on any atom is 0.387 e. The number of nitrogens with zero attached hydrogens (tertiary/aromatic N) is 4. The Morgan fingerprint density at radius 3 is 2.58 bits per heavy atom. The molecule has 2 aromatic carbocycles. The zero-order valence-corrected chi connectivity index (χ0v) is 18.3. The van der Waals surface area contributed by atoms with Gasteiger partial charge < -0.3 is 19.5 Å². The highest BCUT2D eigenvalue weighted by Gasteiger charge is 2.15. The minimum absolute atomic E-state index is 0.178. The predicted octanol–water partition coefficient (Wildman–Crippen LogP) is 4.47. The largest absolute Gasteiger partial charge is 0.434 e. The maximum atomic E-state index is 12.8. The molecule has 33 heavy (non-hydrogen) atoms. The molecular formula is C25H25F2N5O. The van der Waals surface area contributed by atoms with Crippen molar-refractivity contribution in [2.45, 2.75) is 20.1 Å². The van der Waals surface area contributed by atoms with Gasteiger partial charge in [-0.15, -0.1) is 0 Å². The molecule has 1 fully saturated rings. The number of para-hydroxylation sites is 1. The van der Waals surface area contributed by atoms with E-state index in [9.17, 15) is 8.78 Å². The number of anilines is 1. The Bertz CT molecular complexity index is 1250. The summed E-state index contributed by atoms with van der Waals surface area (Å²) in [6.45, 7) is 3.27. The highest BCUT2D eigenvalue weighted by molar-refractivity contribution is 5.83. The van der Waals surface area contributed by atoms with E-state index >= 15 is 0 Å². The van der Waals surface area contributed by atoms with Gasteiger partial charge in [-0.05, 0) is 42.8 Å². The zero-order chi connectivity index (χ0) is 22.8. The number of alkyl halides is 2. The van der Waals surface area contributed by atoms with Gasteiger partial charge in [0, 0.05) is 43.5 Å². The summed E-state index contributed by atoms with van der Waals surface area (Å²) in [6, 6.07) is 17.1. The molecule has 0 saturated carbocycles. The van der Waals surface area contributed by atoms with Crippen molar-refractivity contribution >= 4 is 16.9 Å². The van der Waals surface area contributed by atoms with Crippen LogP contribution >= 0.6 is 0 Å². The van der Waals surface area contributed by atoms with Crippen LogP contribution in [0.1, 0.15) is 11.4 Å². The van der Waals surface area contributed by atoms with Crippen LogP contribution in [-0.2, 0) is 6.54 Å². The van der Waals surface area contributed by atoms with E-state index in [1.165, 1.54) is 0 Å². The van der Waals surface area contributed by atoms with E-state index in [2.05, 4.69) is 38.4 Å². The van der Waals surface area contributed by atoms with E-state index in [0.29, 0.717) is 12.1 Å². The Balaban J connectivity index is 1.46. The van der Waals surface area contributed by atoms with E-state index < -0.39 is 6.61 Å². The Hall–Kier alpha value is -3.52. The second-order valence-electron chi connectivity index (χ2n) is 8.08. The number of halogens is 2. The van der Waals surface area contributed by atoms with Crippen LogP contribution in [-0.4, -0.2) is 47.3 Å². The van der Waals surface area contributed by atoms with Gasteiger partial charge >= 0.3 is 6.61 Å². The molecule has 6 nitrogen and oxygen atoms in total. The molecule has 0 atom stereocenters. The van der Waals surface area contributed by atoms with Gasteiger partial charge in [-0.25, -0.2) is 9.97 Å². The SMILES string of the molecule is Cc1nc2ccc(-c3ccc(N4CCNCC4)nc3)cc2n1Cc1ccccc1OC(F)F. The molecule has 2 aromatic heterocycles. The van der Waals surface area contributed by atoms with Crippen molar-refractivity contribution in [2.24, 2.45) is 0 Å². The molecule has 5 rings (SSSR count). The predicted molar refractivity (Wildman–Crippen MR) is 125 cm³/mol. The molecule has 1 N–H and O–H groups in total. The normalized spacial score (nSPS) is 14.2. The number of aromatic nitrogens is 3. The van der Waals surface area contributed by atoms with Crippen LogP contribution in [0, 0.1) is 6.92 Å². The third-order valence-electron chi connectivity index (χ3n) is 5.98. The average Bonchev–Trinajstić information content (AvgIpc) is 3.15. The number of hydrogen-bond acceptors (Lipinski definition) is 5. The van der Waals surface area contributed by atoms with Crippen molar-refractivity contribution in [1.82, 2.24) is 19.9 Å². The summed E-state index contributed by atoms with van der Waals surface area (Å²) >= 11 is 0. The Morgan fingerprint density at radius 1 is 1.03 bits per heavy atom. The van der Waals surface area contributed by atoms with E-state index in [0.717, 1.165) is 60.0 Å². The van der Waals surface area contributed by atoms with Crippen LogP contribution in [0.5, 0.6) is 5.75 Å². The van der Waals surface area contributed by atoms with Gasteiger partial charge in [0.1, 0.15) is 17.4 Å². The van der Waals surface area contributed by atoms with Crippen LogP contribution in [0.15, 0.2) is 60.8 Å². The van der Waals surface area contributed by atoms with E-state index in [4.69, 9.17) is 4.74 Å². The van der Waals surface area contributed by atoms with Crippen molar-refractivity contribution in [2.75, 3.05) is 31.1 Å². The first-order valence-corrected chi connectivity index (χ1v) is 11.0. The van der Waals surface area contributed by atoms with Gasteiger partial charge in [0.2, 0.25) is 0 Å². The van der Waals surface area contributed by atoms with Gasteiger partial charge in [0.05, 0.1) is 17.6 Å². The van der Waals surface area contributed by atoms with Crippen molar-refractivity contribution in [3.05, 3.63) is 72.2 Å². The highest BCUT2D eigenvalue weighted by Crippen LogP contribution is 2.28. The molecule has 1 aliphatic rings. The minimum Gasteiger partial charge on any atom is -0.434 e. The topological polar surface area (TPSA) is 55.2 Å². The third-order valence-corrected chi connectivity index (χ3v) is 5.98. The lowest BCUT2D eigenvalue weighted by Gasteiger charge is -2.28. The lowest BCUT2D eigenvalue weighted by Crippen LogP contribution is -2.43. The van der Waals surface area contributed by atoms with Crippen LogP contribution in [0.3, 0.4) is 0 Å². The lowest BCUT2D eigenvalue weighted by atomic mass is 10.1. The average molecular weight is 450 g/mol. The van der Waals surface area contributed by atoms with E-state index in [1.54, 1.807) is 18.2 Å². The first-order chi connectivity index (χ1) is 16.1.